The van der Waals surface area contributed by atoms with Gasteiger partial charge in [-0.25, -0.2) is 0 Å². The number of hydrogen-bond donors (Lipinski definition) is 1. The van der Waals surface area contributed by atoms with Crippen molar-refractivity contribution >= 4 is 6.29 Å². The molecule has 0 aliphatic heterocycles. The monoisotopic (exact) mass is 162 g/mol. The fourth-order valence-electron chi connectivity index (χ4n) is 1.04. The van der Waals surface area contributed by atoms with Crippen LogP contribution < -0.4 is 5.32 Å². The summed E-state index contributed by atoms with van der Waals surface area (Å²) in [6.07, 6.45) is 10.3. The van der Waals surface area contributed by atoms with Crippen LogP contribution in [0.3, 0.4) is 0 Å². The second kappa shape index (κ2) is 4.54. The summed E-state index contributed by atoms with van der Waals surface area (Å²) in [5.41, 5.74) is 1.66. The molecule has 0 aromatic carbocycles. The van der Waals surface area contributed by atoms with Gasteiger partial charge >= 0.3 is 0 Å². The summed E-state index contributed by atoms with van der Waals surface area (Å²) in [5, 5.41) is 3.07. The average molecular weight is 162 g/mol. The van der Waals surface area contributed by atoms with Crippen molar-refractivity contribution in [3.8, 4) is 0 Å². The lowest BCUT2D eigenvalue weighted by Crippen LogP contribution is -2.06. The number of hydrogen-bond acceptors (Lipinski definition) is 2. The fraction of sp³-hybridized carbons (Fsp3) is 0.300. The second-order valence-electron chi connectivity index (χ2n) is 2.54. The standard InChI is InChI=1S/C10H12NO/c1-2-11-7-9-5-3-4-6-10(9)8-12/h3-4,6-7,11H,2,5H2,1H3. The van der Waals surface area contributed by atoms with Crippen LogP contribution in [0.15, 0.2) is 35.6 Å². The number of allylic oxidation sites excluding steroid dienone is 5. The molecule has 0 saturated carbocycles. The summed E-state index contributed by atoms with van der Waals surface area (Å²) in [6.45, 7) is 2.89. The lowest BCUT2D eigenvalue weighted by molar-refractivity contribution is 0.562. The smallest absolute Gasteiger partial charge is 0.233 e. The van der Waals surface area contributed by atoms with Gasteiger partial charge < -0.3 is 5.32 Å². The highest BCUT2D eigenvalue weighted by atomic mass is 16.1. The highest BCUT2D eigenvalue weighted by Crippen LogP contribution is 2.16. The van der Waals surface area contributed by atoms with E-state index in [-0.39, 0.29) is 0 Å². The Morgan fingerprint density at radius 1 is 1.75 bits per heavy atom. The van der Waals surface area contributed by atoms with E-state index in [9.17, 15) is 4.79 Å². The van der Waals surface area contributed by atoms with Gasteiger partial charge in [0.2, 0.25) is 6.29 Å². The molecule has 0 unspecified atom stereocenters. The van der Waals surface area contributed by atoms with E-state index in [1.807, 2.05) is 31.6 Å². The van der Waals surface area contributed by atoms with Crippen LogP contribution in [0.5, 0.6) is 0 Å². The number of nitrogens with one attached hydrogen (secondary N) is 1. The largest absolute Gasteiger partial charge is 0.391 e. The summed E-state index contributed by atoms with van der Waals surface area (Å²) in [5.74, 6) is 0. The van der Waals surface area contributed by atoms with Gasteiger partial charge in [-0.2, -0.15) is 0 Å². The molecule has 0 aromatic heterocycles. The normalized spacial score (nSPS) is 19.1. The summed E-state index contributed by atoms with van der Waals surface area (Å²) in [4.78, 5) is 10.4. The van der Waals surface area contributed by atoms with E-state index in [2.05, 4.69) is 5.32 Å². The van der Waals surface area contributed by atoms with Crippen molar-refractivity contribution in [3.05, 3.63) is 35.6 Å². The van der Waals surface area contributed by atoms with E-state index >= 15 is 0 Å². The zero-order valence-corrected chi connectivity index (χ0v) is 7.13. The molecule has 1 rings (SSSR count). The third-order valence-corrected chi connectivity index (χ3v) is 1.67. The molecule has 0 spiro atoms. The predicted molar refractivity (Wildman–Crippen MR) is 49.3 cm³/mol. The molecule has 1 N–H and O–H groups in total. The molecule has 0 bridgehead atoms. The minimum Gasteiger partial charge on any atom is -0.391 e. The quantitative estimate of drug-likeness (QED) is 0.681. The summed E-state index contributed by atoms with van der Waals surface area (Å²) in [6, 6.07) is 0. The Labute approximate surface area is 72.7 Å². The molecule has 63 valence electrons. The van der Waals surface area contributed by atoms with Crippen molar-refractivity contribution in [1.82, 2.24) is 5.32 Å². The fourth-order valence-corrected chi connectivity index (χ4v) is 1.04. The molecule has 0 saturated heterocycles. The van der Waals surface area contributed by atoms with Crippen LogP contribution in [0, 0.1) is 0 Å². The van der Waals surface area contributed by atoms with Gasteiger partial charge in [-0.05, 0) is 18.9 Å². The summed E-state index contributed by atoms with van der Waals surface area (Å²) < 4.78 is 0. The Hall–Kier alpha value is -1.31. The average Bonchev–Trinajstić information content (AvgIpc) is 2.15. The van der Waals surface area contributed by atoms with Gasteiger partial charge in [0.1, 0.15) is 0 Å². The topological polar surface area (TPSA) is 29.1 Å². The minimum absolute atomic E-state index is 0.651. The summed E-state index contributed by atoms with van der Waals surface area (Å²) >= 11 is 0. The van der Waals surface area contributed by atoms with Crippen molar-refractivity contribution < 1.29 is 4.79 Å². The van der Waals surface area contributed by atoms with Gasteiger partial charge in [-0.3, -0.25) is 4.79 Å². The molecule has 0 heterocycles. The highest BCUT2D eigenvalue weighted by Gasteiger charge is 2.05. The predicted octanol–water partition coefficient (Wildman–Crippen LogP) is 1.48. The Kier molecular flexibility index (Phi) is 3.33. The van der Waals surface area contributed by atoms with Crippen molar-refractivity contribution in [2.24, 2.45) is 0 Å². The first-order chi connectivity index (χ1) is 5.88. The van der Waals surface area contributed by atoms with Gasteiger partial charge in [-0.15, -0.1) is 0 Å². The number of carbonyl (C=O) groups excluding carboxylic acids is 1. The van der Waals surface area contributed by atoms with Gasteiger partial charge in [0.15, 0.2) is 0 Å². The van der Waals surface area contributed by atoms with Crippen molar-refractivity contribution in [3.63, 3.8) is 0 Å². The molecule has 0 fully saturated rings. The van der Waals surface area contributed by atoms with E-state index in [1.165, 1.54) is 0 Å². The molecule has 0 aromatic rings. The molecule has 1 radical (unpaired) electrons. The van der Waals surface area contributed by atoms with Gasteiger partial charge in [0.25, 0.3) is 0 Å². The molecule has 1 aliphatic rings. The first-order valence-corrected chi connectivity index (χ1v) is 4.06. The van der Waals surface area contributed by atoms with E-state index in [0.29, 0.717) is 5.57 Å². The molecule has 12 heavy (non-hydrogen) atoms. The first kappa shape index (κ1) is 8.78. The van der Waals surface area contributed by atoms with Gasteiger partial charge in [0, 0.05) is 18.3 Å². The van der Waals surface area contributed by atoms with Crippen molar-refractivity contribution in [2.45, 2.75) is 13.3 Å². The van der Waals surface area contributed by atoms with Crippen LogP contribution in [-0.4, -0.2) is 12.8 Å². The Balaban J connectivity index is 2.71. The third kappa shape index (κ3) is 2.09. The SMILES string of the molecule is CCNC=C1CC=CC=C1[C]=O. The van der Waals surface area contributed by atoms with E-state index in [4.69, 9.17) is 0 Å². The maximum atomic E-state index is 10.4. The lowest BCUT2D eigenvalue weighted by atomic mass is 10.0. The maximum absolute atomic E-state index is 10.4. The second-order valence-corrected chi connectivity index (χ2v) is 2.54. The van der Waals surface area contributed by atoms with Crippen LogP contribution in [0.2, 0.25) is 0 Å². The minimum atomic E-state index is 0.651. The first-order valence-electron chi connectivity index (χ1n) is 4.06. The molecule has 2 nitrogen and oxygen atoms in total. The zero-order valence-electron chi connectivity index (χ0n) is 7.13. The molecular weight excluding hydrogens is 150 g/mol. The van der Waals surface area contributed by atoms with Crippen molar-refractivity contribution in [1.29, 1.82) is 0 Å². The molecule has 0 atom stereocenters. The molecule has 0 amide bonds. The van der Waals surface area contributed by atoms with E-state index < -0.39 is 0 Å². The Morgan fingerprint density at radius 2 is 2.58 bits per heavy atom. The van der Waals surface area contributed by atoms with Gasteiger partial charge in [0.05, 0.1) is 0 Å². The summed E-state index contributed by atoms with van der Waals surface area (Å²) in [7, 11) is 0. The van der Waals surface area contributed by atoms with Crippen LogP contribution >= 0.6 is 0 Å². The van der Waals surface area contributed by atoms with Crippen LogP contribution in [0.4, 0.5) is 0 Å². The number of rotatable bonds is 3. The molecule has 2 heteroatoms. The van der Waals surface area contributed by atoms with Crippen LogP contribution in [0.25, 0.3) is 0 Å². The van der Waals surface area contributed by atoms with Crippen LogP contribution in [0.1, 0.15) is 13.3 Å². The third-order valence-electron chi connectivity index (χ3n) is 1.67. The van der Waals surface area contributed by atoms with E-state index in [0.717, 1.165) is 18.5 Å². The Bertz CT molecular complexity index is 249. The zero-order chi connectivity index (χ0) is 8.81. The van der Waals surface area contributed by atoms with Gasteiger partial charge in [-0.1, -0.05) is 18.2 Å². The van der Waals surface area contributed by atoms with Crippen molar-refractivity contribution in [2.75, 3.05) is 6.54 Å². The molecular formula is C10H12NO. The van der Waals surface area contributed by atoms with Crippen LogP contribution in [-0.2, 0) is 4.79 Å². The highest BCUT2D eigenvalue weighted by molar-refractivity contribution is 5.82. The lowest BCUT2D eigenvalue weighted by Gasteiger charge is -2.07. The maximum Gasteiger partial charge on any atom is 0.233 e. The molecule has 1 aliphatic carbocycles. The Morgan fingerprint density at radius 3 is 3.25 bits per heavy atom. The van der Waals surface area contributed by atoms with E-state index in [1.54, 1.807) is 6.08 Å².